The van der Waals surface area contributed by atoms with Gasteiger partial charge in [-0.1, -0.05) is 54.7 Å². The van der Waals surface area contributed by atoms with Crippen LogP contribution in [0.2, 0.25) is 0 Å². The molecule has 0 aromatic heterocycles. The summed E-state index contributed by atoms with van der Waals surface area (Å²) in [4.78, 5) is 11.8. The van der Waals surface area contributed by atoms with Crippen molar-refractivity contribution in [3.05, 3.63) is 11.6 Å². The molecule has 1 saturated carbocycles. The maximum absolute atomic E-state index is 11.8. The molecule has 0 spiro atoms. The highest BCUT2D eigenvalue weighted by atomic mass is 35.6. The third-order valence-corrected chi connectivity index (χ3v) is 3.48. The summed E-state index contributed by atoms with van der Waals surface area (Å²) in [6.45, 7) is 5.33. The number of esters is 1. The van der Waals surface area contributed by atoms with Gasteiger partial charge in [-0.2, -0.15) is 5.26 Å². The number of allylic oxidation sites excluding steroid dienone is 2. The van der Waals surface area contributed by atoms with Crippen molar-refractivity contribution in [2.75, 3.05) is 6.61 Å². The molecule has 18 heavy (non-hydrogen) atoms. The van der Waals surface area contributed by atoms with E-state index < -0.39 is 9.76 Å². The zero-order valence-corrected chi connectivity index (χ0v) is 12.6. The van der Waals surface area contributed by atoms with Crippen molar-refractivity contribution < 1.29 is 9.53 Å². The van der Waals surface area contributed by atoms with Gasteiger partial charge in [-0.05, 0) is 18.3 Å². The zero-order valence-electron chi connectivity index (χ0n) is 10.3. The topological polar surface area (TPSA) is 50.1 Å². The van der Waals surface area contributed by atoms with E-state index in [4.69, 9.17) is 44.8 Å². The molecule has 0 radical (unpaired) electrons. The first kappa shape index (κ1) is 15.6. The molecule has 6 heteroatoms. The average molecular weight is 311 g/mol. The van der Waals surface area contributed by atoms with Crippen LogP contribution >= 0.6 is 34.8 Å². The highest BCUT2D eigenvalue weighted by Gasteiger charge is 2.61. The Morgan fingerprint density at radius 3 is 2.50 bits per heavy atom. The Bertz CT molecular complexity index is 418. The van der Waals surface area contributed by atoms with E-state index in [2.05, 4.69) is 0 Å². The largest absolute Gasteiger partial charge is 0.461 e. The number of hydrogen-bond donors (Lipinski definition) is 0. The standard InChI is InChI=1S/C12H14Cl3NO2/c1-7(5-16)4-8-9(11(8,2)3)10(17)18-6-12(13,14)15/h4,8-9H,6H2,1-3H3/b7-4+. The van der Waals surface area contributed by atoms with Gasteiger partial charge < -0.3 is 4.74 Å². The number of ether oxygens (including phenoxy) is 1. The second kappa shape index (κ2) is 5.28. The highest BCUT2D eigenvalue weighted by Crippen LogP contribution is 2.59. The lowest BCUT2D eigenvalue weighted by Crippen LogP contribution is -2.19. The first-order valence-electron chi connectivity index (χ1n) is 5.41. The third kappa shape index (κ3) is 3.78. The van der Waals surface area contributed by atoms with Crippen molar-refractivity contribution in [3.8, 4) is 6.07 Å². The quantitative estimate of drug-likeness (QED) is 0.454. The van der Waals surface area contributed by atoms with Crippen molar-refractivity contribution in [2.24, 2.45) is 17.3 Å². The summed E-state index contributed by atoms with van der Waals surface area (Å²) in [6.07, 6.45) is 1.79. The third-order valence-electron chi connectivity index (χ3n) is 3.15. The van der Waals surface area contributed by atoms with Gasteiger partial charge in [0.05, 0.1) is 12.0 Å². The van der Waals surface area contributed by atoms with Gasteiger partial charge in [0.1, 0.15) is 6.61 Å². The van der Waals surface area contributed by atoms with Crippen LogP contribution in [-0.4, -0.2) is 16.4 Å². The number of rotatable bonds is 3. The van der Waals surface area contributed by atoms with E-state index >= 15 is 0 Å². The van der Waals surface area contributed by atoms with Gasteiger partial charge in [0.2, 0.25) is 3.79 Å². The van der Waals surface area contributed by atoms with Gasteiger partial charge in [0, 0.05) is 5.57 Å². The molecule has 0 N–H and O–H groups in total. The van der Waals surface area contributed by atoms with Crippen LogP contribution in [0.4, 0.5) is 0 Å². The van der Waals surface area contributed by atoms with Crippen LogP contribution in [0, 0.1) is 28.6 Å². The van der Waals surface area contributed by atoms with E-state index in [1.54, 1.807) is 13.0 Å². The lowest BCUT2D eigenvalue weighted by atomic mass is 10.1. The Kier molecular flexibility index (Phi) is 4.59. The van der Waals surface area contributed by atoms with Gasteiger partial charge in [-0.3, -0.25) is 4.79 Å². The summed E-state index contributed by atoms with van der Waals surface area (Å²) < 4.78 is 3.37. The van der Waals surface area contributed by atoms with Crippen molar-refractivity contribution >= 4 is 40.8 Å². The molecule has 0 bridgehead atoms. The normalized spacial score (nSPS) is 26.4. The van der Waals surface area contributed by atoms with E-state index in [1.807, 2.05) is 19.9 Å². The molecule has 2 unspecified atom stereocenters. The Labute approximate surface area is 122 Å². The summed E-state index contributed by atoms with van der Waals surface area (Å²) in [5, 5.41) is 8.73. The lowest BCUT2D eigenvalue weighted by molar-refractivity contribution is -0.146. The number of carbonyl (C=O) groups excluding carboxylic acids is 1. The number of nitrogens with zero attached hydrogens (tertiary/aromatic N) is 1. The van der Waals surface area contributed by atoms with Crippen LogP contribution in [-0.2, 0) is 9.53 Å². The van der Waals surface area contributed by atoms with Gasteiger partial charge >= 0.3 is 5.97 Å². The van der Waals surface area contributed by atoms with Crippen LogP contribution in [0.5, 0.6) is 0 Å². The van der Waals surface area contributed by atoms with Gasteiger partial charge in [0.15, 0.2) is 0 Å². The van der Waals surface area contributed by atoms with Crippen molar-refractivity contribution in [1.82, 2.24) is 0 Å². The molecule has 3 nitrogen and oxygen atoms in total. The van der Waals surface area contributed by atoms with E-state index in [9.17, 15) is 4.79 Å². The summed E-state index contributed by atoms with van der Waals surface area (Å²) in [5.74, 6) is -0.675. The number of hydrogen-bond acceptors (Lipinski definition) is 3. The molecular weight excluding hydrogens is 296 g/mol. The van der Waals surface area contributed by atoms with Crippen LogP contribution in [0.3, 0.4) is 0 Å². The molecule has 1 aliphatic carbocycles. The molecule has 0 aromatic carbocycles. The zero-order chi connectivity index (χ0) is 14.1. The van der Waals surface area contributed by atoms with Gasteiger partial charge in [-0.25, -0.2) is 0 Å². The molecule has 1 aliphatic rings. The minimum Gasteiger partial charge on any atom is -0.461 e. The summed E-state index contributed by atoms with van der Waals surface area (Å²) in [7, 11) is 0. The molecule has 0 aromatic rings. The molecule has 2 atom stereocenters. The van der Waals surface area contributed by atoms with Crippen LogP contribution in [0.1, 0.15) is 20.8 Å². The molecule has 1 rings (SSSR count). The molecule has 0 heterocycles. The number of nitriles is 1. The first-order valence-corrected chi connectivity index (χ1v) is 6.55. The van der Waals surface area contributed by atoms with E-state index in [-0.39, 0.29) is 23.9 Å². The summed E-state index contributed by atoms with van der Waals surface area (Å²) >= 11 is 16.5. The highest BCUT2D eigenvalue weighted by molar-refractivity contribution is 6.67. The van der Waals surface area contributed by atoms with Gasteiger partial charge in [-0.15, -0.1) is 0 Å². The summed E-state index contributed by atoms with van der Waals surface area (Å²) in [6, 6.07) is 2.04. The smallest absolute Gasteiger partial charge is 0.310 e. The lowest BCUT2D eigenvalue weighted by Gasteiger charge is -2.11. The first-order chi connectivity index (χ1) is 8.09. The molecule has 0 amide bonds. The Hall–Kier alpha value is -0.430. The van der Waals surface area contributed by atoms with E-state index in [0.29, 0.717) is 5.57 Å². The number of halogens is 3. The fraction of sp³-hybridized carbons (Fsp3) is 0.667. The van der Waals surface area contributed by atoms with Crippen LogP contribution in [0.15, 0.2) is 11.6 Å². The predicted octanol–water partition coefficient (Wildman–Crippen LogP) is 3.64. The predicted molar refractivity (Wildman–Crippen MR) is 71.4 cm³/mol. The second-order valence-corrected chi connectivity index (χ2v) is 7.53. The van der Waals surface area contributed by atoms with Crippen LogP contribution < -0.4 is 0 Å². The SMILES string of the molecule is C/C(C#N)=C\C1C(C(=O)OCC(Cl)(Cl)Cl)C1(C)C. The van der Waals surface area contributed by atoms with Crippen molar-refractivity contribution in [2.45, 2.75) is 24.6 Å². The maximum atomic E-state index is 11.8. The maximum Gasteiger partial charge on any atom is 0.310 e. The Morgan fingerprint density at radius 1 is 1.50 bits per heavy atom. The molecule has 0 saturated heterocycles. The average Bonchev–Trinajstić information content (AvgIpc) is 2.76. The van der Waals surface area contributed by atoms with Gasteiger partial charge in [0.25, 0.3) is 0 Å². The summed E-state index contributed by atoms with van der Waals surface area (Å²) in [5.41, 5.74) is 0.368. The Balaban J connectivity index is 2.64. The fourth-order valence-electron chi connectivity index (χ4n) is 1.99. The molecular formula is C12H14Cl3NO2. The minimum absolute atomic E-state index is 0.0000246. The van der Waals surface area contributed by atoms with Crippen LogP contribution in [0.25, 0.3) is 0 Å². The second-order valence-electron chi connectivity index (χ2n) is 5.01. The van der Waals surface area contributed by atoms with Crippen molar-refractivity contribution in [3.63, 3.8) is 0 Å². The Morgan fingerprint density at radius 2 is 2.06 bits per heavy atom. The molecule has 100 valence electrons. The van der Waals surface area contributed by atoms with Crippen molar-refractivity contribution in [1.29, 1.82) is 5.26 Å². The monoisotopic (exact) mass is 309 g/mol. The fourth-order valence-corrected chi connectivity index (χ4v) is 2.15. The molecule has 0 aliphatic heterocycles. The number of carbonyl (C=O) groups is 1. The molecule has 1 fully saturated rings. The number of alkyl halides is 3. The minimum atomic E-state index is -1.59. The van der Waals surface area contributed by atoms with E-state index in [1.165, 1.54) is 0 Å². The van der Waals surface area contributed by atoms with E-state index in [0.717, 1.165) is 0 Å².